The van der Waals surface area contributed by atoms with Gasteiger partial charge in [0, 0.05) is 32.7 Å². The number of ether oxygens (including phenoxy) is 4. The lowest BCUT2D eigenvalue weighted by Gasteiger charge is -2.24. The molecule has 0 radical (unpaired) electrons. The number of aliphatic hydroxyl groups excluding tert-OH is 2. The van der Waals surface area contributed by atoms with Gasteiger partial charge >= 0.3 is 12.2 Å². The third-order valence-electron chi connectivity index (χ3n) is 5.62. The molecule has 10 heteroatoms. The molecule has 0 unspecified atom stereocenters. The summed E-state index contributed by atoms with van der Waals surface area (Å²) >= 11 is 0. The molecule has 2 N–H and O–H groups in total. The smallest absolute Gasteiger partial charge is 0.410 e. The maximum absolute atomic E-state index is 11.9. The van der Waals surface area contributed by atoms with E-state index in [9.17, 15) is 9.59 Å². The molecule has 2 rings (SSSR count). The van der Waals surface area contributed by atoms with E-state index >= 15 is 0 Å². The summed E-state index contributed by atoms with van der Waals surface area (Å²) in [6.07, 6.45) is 4.70. The molecule has 0 bridgehead atoms. The lowest BCUT2D eigenvalue weighted by Crippen LogP contribution is -2.34. The van der Waals surface area contributed by atoms with Crippen LogP contribution in [0.3, 0.4) is 0 Å². The highest BCUT2D eigenvalue weighted by Crippen LogP contribution is 2.21. The Kier molecular flexibility index (Phi) is 17.0. The number of carbonyl (C=O) groups is 2. The zero-order valence-corrected chi connectivity index (χ0v) is 27.7. The summed E-state index contributed by atoms with van der Waals surface area (Å²) in [6.45, 7) is 12.6. The summed E-state index contributed by atoms with van der Waals surface area (Å²) in [5.41, 5.74) is 0.998. The molecule has 0 saturated carbocycles. The van der Waals surface area contributed by atoms with Gasteiger partial charge in [0.05, 0.1) is 13.2 Å². The van der Waals surface area contributed by atoms with Crippen LogP contribution in [-0.2, 0) is 15.9 Å². The number of likely N-dealkylation sites (N-methyl/N-ethyl adjacent to an activating group) is 1. The van der Waals surface area contributed by atoms with Crippen LogP contribution >= 0.6 is 0 Å². The van der Waals surface area contributed by atoms with Crippen molar-refractivity contribution in [1.82, 2.24) is 9.80 Å². The van der Waals surface area contributed by atoms with Crippen LogP contribution in [0, 0.1) is 0 Å². The zero-order chi connectivity index (χ0) is 33.2. The standard InChI is InChI=1S/C17H27NO4.C17H25NO4/c2*1-17(2,3)22-16(20)18(4)11-7-9-14-8-5-6-10-15(14)21-13-12-19/h5-6,8,10,19H,7,9,11-13H2,1-4H3;5-10,19H,11-13H2,1-4H3/b;9-7+. The average molecular weight is 617 g/mol. The second kappa shape index (κ2) is 19.5. The molecule has 44 heavy (non-hydrogen) atoms. The van der Waals surface area contributed by atoms with Crippen LogP contribution in [0.25, 0.3) is 6.08 Å². The van der Waals surface area contributed by atoms with Crippen LogP contribution < -0.4 is 9.47 Å². The Morgan fingerprint density at radius 3 is 1.82 bits per heavy atom. The van der Waals surface area contributed by atoms with Crippen molar-refractivity contribution in [3.05, 3.63) is 65.7 Å². The Labute approximate surface area is 263 Å². The molecule has 0 fully saturated rings. The Hall–Kier alpha value is -3.76. The quantitative estimate of drug-likeness (QED) is 0.290. The molecule has 0 aliphatic heterocycles. The lowest BCUT2D eigenvalue weighted by molar-refractivity contribution is 0.0293. The van der Waals surface area contributed by atoms with Crippen molar-refractivity contribution in [2.45, 2.75) is 65.6 Å². The normalized spacial score (nSPS) is 11.3. The fourth-order valence-corrected chi connectivity index (χ4v) is 3.60. The first kappa shape index (κ1) is 38.3. The van der Waals surface area contributed by atoms with Crippen molar-refractivity contribution in [1.29, 1.82) is 0 Å². The van der Waals surface area contributed by atoms with Crippen molar-refractivity contribution in [2.75, 3.05) is 53.6 Å². The summed E-state index contributed by atoms with van der Waals surface area (Å²) < 4.78 is 21.5. The van der Waals surface area contributed by atoms with E-state index in [0.717, 1.165) is 29.7 Å². The summed E-state index contributed by atoms with van der Waals surface area (Å²) in [5, 5.41) is 17.7. The van der Waals surface area contributed by atoms with Gasteiger partial charge in [0.2, 0.25) is 0 Å². The van der Waals surface area contributed by atoms with Crippen LogP contribution in [0.4, 0.5) is 9.59 Å². The number of aryl methyl sites for hydroxylation is 1. The molecule has 2 amide bonds. The van der Waals surface area contributed by atoms with E-state index in [1.165, 1.54) is 4.90 Å². The maximum Gasteiger partial charge on any atom is 0.410 e. The van der Waals surface area contributed by atoms with Crippen molar-refractivity contribution in [3.63, 3.8) is 0 Å². The molecule has 2 aromatic rings. The number of para-hydroxylation sites is 2. The summed E-state index contributed by atoms with van der Waals surface area (Å²) in [7, 11) is 3.43. The number of benzene rings is 2. The van der Waals surface area contributed by atoms with E-state index in [1.54, 1.807) is 19.0 Å². The molecule has 246 valence electrons. The first-order valence-corrected chi connectivity index (χ1v) is 14.9. The predicted molar refractivity (Wildman–Crippen MR) is 173 cm³/mol. The third kappa shape index (κ3) is 16.8. The number of aliphatic hydroxyl groups is 2. The van der Waals surface area contributed by atoms with Gasteiger partial charge < -0.3 is 39.0 Å². The summed E-state index contributed by atoms with van der Waals surface area (Å²) in [4.78, 5) is 26.8. The average Bonchev–Trinajstić information content (AvgIpc) is 2.94. The van der Waals surface area contributed by atoms with Gasteiger partial charge in [-0.25, -0.2) is 9.59 Å². The summed E-state index contributed by atoms with van der Waals surface area (Å²) in [6, 6.07) is 15.3. The van der Waals surface area contributed by atoms with E-state index in [1.807, 2.05) is 102 Å². The second-order valence-electron chi connectivity index (χ2n) is 12.1. The predicted octanol–water partition coefficient (Wildman–Crippen LogP) is 5.80. The van der Waals surface area contributed by atoms with Gasteiger partial charge in [-0.05, 0) is 72.1 Å². The topological polar surface area (TPSA) is 118 Å². The van der Waals surface area contributed by atoms with Crippen molar-refractivity contribution in [3.8, 4) is 11.5 Å². The number of carbonyl (C=O) groups excluding carboxylic acids is 2. The second-order valence-corrected chi connectivity index (χ2v) is 12.1. The van der Waals surface area contributed by atoms with Gasteiger partial charge in [0.25, 0.3) is 0 Å². The number of hydrogen-bond acceptors (Lipinski definition) is 8. The number of hydrogen-bond donors (Lipinski definition) is 2. The molecular formula is C34H52N2O8. The Morgan fingerprint density at radius 2 is 1.25 bits per heavy atom. The fraction of sp³-hybridized carbons (Fsp3) is 0.529. The highest BCUT2D eigenvalue weighted by Gasteiger charge is 2.20. The van der Waals surface area contributed by atoms with Gasteiger partial charge in [0.15, 0.2) is 0 Å². The Morgan fingerprint density at radius 1 is 0.750 bits per heavy atom. The number of nitrogens with zero attached hydrogens (tertiary/aromatic N) is 2. The van der Waals surface area contributed by atoms with Gasteiger partial charge in [-0.2, -0.15) is 0 Å². The Bertz CT molecular complexity index is 1150. The van der Waals surface area contributed by atoms with Crippen molar-refractivity contribution < 1.29 is 38.7 Å². The van der Waals surface area contributed by atoms with Gasteiger partial charge in [-0.15, -0.1) is 0 Å². The van der Waals surface area contributed by atoms with E-state index in [0.29, 0.717) is 18.8 Å². The first-order valence-electron chi connectivity index (χ1n) is 14.9. The maximum atomic E-state index is 11.9. The fourth-order valence-electron chi connectivity index (χ4n) is 3.60. The van der Waals surface area contributed by atoms with Crippen LogP contribution in [-0.4, -0.2) is 97.0 Å². The highest BCUT2D eigenvalue weighted by atomic mass is 16.6. The van der Waals surface area contributed by atoms with E-state index in [2.05, 4.69) is 0 Å². The summed E-state index contributed by atoms with van der Waals surface area (Å²) in [5.74, 6) is 1.49. The molecule has 0 aliphatic carbocycles. The highest BCUT2D eigenvalue weighted by molar-refractivity contribution is 5.68. The van der Waals surface area contributed by atoms with Gasteiger partial charge in [-0.3, -0.25) is 0 Å². The monoisotopic (exact) mass is 616 g/mol. The van der Waals surface area contributed by atoms with Crippen molar-refractivity contribution in [2.24, 2.45) is 0 Å². The first-order chi connectivity index (χ1) is 20.7. The molecule has 0 atom stereocenters. The molecule has 0 saturated heterocycles. The third-order valence-corrected chi connectivity index (χ3v) is 5.62. The zero-order valence-electron chi connectivity index (χ0n) is 27.7. The van der Waals surface area contributed by atoms with Crippen LogP contribution in [0.2, 0.25) is 0 Å². The van der Waals surface area contributed by atoms with Gasteiger partial charge in [-0.1, -0.05) is 48.6 Å². The SMILES string of the molecule is CN(C/C=C/c1ccccc1OCCO)C(=O)OC(C)(C)C.CN(CCCc1ccccc1OCCO)C(=O)OC(C)(C)C. The molecule has 2 aromatic carbocycles. The Balaban J connectivity index is 0.000000440. The molecule has 0 spiro atoms. The van der Waals surface area contributed by atoms with Crippen molar-refractivity contribution >= 4 is 18.3 Å². The molecule has 0 aromatic heterocycles. The molecule has 0 aliphatic rings. The minimum absolute atomic E-state index is 0.00425. The molecule has 10 nitrogen and oxygen atoms in total. The van der Waals surface area contributed by atoms with Crippen LogP contribution in [0.1, 0.15) is 59.1 Å². The minimum atomic E-state index is -0.500. The largest absolute Gasteiger partial charge is 0.491 e. The number of amides is 2. The molecule has 0 heterocycles. The van der Waals surface area contributed by atoms with Crippen LogP contribution in [0.5, 0.6) is 11.5 Å². The molecular weight excluding hydrogens is 564 g/mol. The van der Waals surface area contributed by atoms with Gasteiger partial charge in [0.1, 0.15) is 35.9 Å². The van der Waals surface area contributed by atoms with E-state index in [-0.39, 0.29) is 38.6 Å². The van der Waals surface area contributed by atoms with E-state index in [4.69, 9.17) is 29.2 Å². The minimum Gasteiger partial charge on any atom is -0.491 e. The number of rotatable bonds is 13. The lowest BCUT2D eigenvalue weighted by atomic mass is 10.1. The van der Waals surface area contributed by atoms with E-state index < -0.39 is 11.2 Å². The van der Waals surface area contributed by atoms with Crippen LogP contribution in [0.15, 0.2) is 54.6 Å².